The molecule has 0 aliphatic heterocycles. The number of hydrogen-bond donors (Lipinski definition) is 0. The van der Waals surface area contributed by atoms with Gasteiger partial charge >= 0.3 is 0 Å². The van der Waals surface area contributed by atoms with Gasteiger partial charge in [0.2, 0.25) is 0 Å². The Morgan fingerprint density at radius 2 is 0.776 bits per heavy atom. The highest BCUT2D eigenvalue weighted by atomic mass is 79.9. The maximum atomic E-state index is 3.71. The smallest absolute Gasteiger partial charge is 0.00344 e. The maximum absolute atomic E-state index is 3.71. The molecule has 0 N–H and O–H groups in total. The molecule has 0 saturated heterocycles. The topological polar surface area (TPSA) is 0 Å². The summed E-state index contributed by atoms with van der Waals surface area (Å²) in [4.78, 5) is 0. The third-order valence-electron chi connectivity index (χ3n) is 20.3. The zero-order valence-corrected chi connectivity index (χ0v) is 55.5. The second kappa shape index (κ2) is 38.7. The minimum absolute atomic E-state index is 0. The zero-order valence-electron chi connectivity index (χ0n) is 52.3. The van der Waals surface area contributed by atoms with E-state index < -0.39 is 0 Å². The molecule has 0 spiro atoms. The molecule has 14 unspecified atom stereocenters. The number of aryl methyl sites for hydroxylation is 4. The molecule has 4 aromatic carbocycles. The standard InChI is InChI=1S/2C17H22.C12H16.2C10H12.C9H11Br.C5H6.C3H7Br.2H2/c2*1-2-6-14(7-3-1)8-4-5-9-16-12-15-10-11-17(16)13-15;1-2-3-4-6-9-12-10-7-5-8-11-12;2*1-2-9-7-4-5-8(6-7)10(9)3-1;10-8-4-7-9-5-2-1-3-6-9;1-2-4-5-3-1;1-2-3-4;;/h2*1-3,6-7,10-11,15-17H,4-5,8-9,12-13H2;2,5,7-8,10-11H,1,3-4,6,9H2;2*1-2,4-5,7-10H,3,6H2;1-3,5-6H,4,7-8H2;1-4H,5H2;2-3H2,1H3;2*1H/i;;;;;;;;2*1+1. The summed E-state index contributed by atoms with van der Waals surface area (Å²) < 4.78 is 0. The molecular weight excluding hydrogens is 1160 g/mol. The van der Waals surface area contributed by atoms with E-state index in [0.29, 0.717) is 0 Å². The van der Waals surface area contributed by atoms with Crippen LogP contribution in [0.4, 0.5) is 0 Å². The number of rotatable bonds is 19. The summed E-state index contributed by atoms with van der Waals surface area (Å²) in [6.07, 6.45) is 71.8. The number of hydrogen-bond acceptors (Lipinski definition) is 0. The number of alkyl halides is 2. The molecule has 2 heteroatoms. The van der Waals surface area contributed by atoms with Gasteiger partial charge in [-0.2, -0.15) is 0 Å². The third kappa shape index (κ3) is 22.6. The Morgan fingerprint density at radius 1 is 0.400 bits per heavy atom. The molecule has 0 amide bonds. The van der Waals surface area contributed by atoms with Crippen molar-refractivity contribution >= 4 is 31.9 Å². The van der Waals surface area contributed by atoms with Gasteiger partial charge in [0.25, 0.3) is 0 Å². The lowest BCUT2D eigenvalue weighted by Gasteiger charge is -2.18. The molecule has 458 valence electrons. The fourth-order valence-corrected chi connectivity index (χ4v) is 16.0. The molecule has 0 radical (unpaired) electrons. The van der Waals surface area contributed by atoms with Gasteiger partial charge in [-0.25, -0.2) is 0 Å². The molecule has 8 bridgehead atoms. The highest BCUT2D eigenvalue weighted by Crippen LogP contribution is 2.54. The molecule has 4 saturated carbocycles. The zero-order chi connectivity index (χ0) is 58.9. The van der Waals surface area contributed by atoms with Crippen LogP contribution < -0.4 is 0 Å². The van der Waals surface area contributed by atoms with Gasteiger partial charge in [-0.1, -0.05) is 276 Å². The lowest BCUT2D eigenvalue weighted by Crippen LogP contribution is -2.12. The van der Waals surface area contributed by atoms with Crippen molar-refractivity contribution in [1.29, 1.82) is 0 Å². The molecule has 14 atom stereocenters. The first kappa shape index (κ1) is 66.5. The summed E-state index contributed by atoms with van der Waals surface area (Å²) in [6, 6.07) is 43.0. The van der Waals surface area contributed by atoms with Gasteiger partial charge in [0.1, 0.15) is 0 Å². The first-order valence-electron chi connectivity index (χ1n) is 34.3. The van der Waals surface area contributed by atoms with E-state index in [1.54, 1.807) is 0 Å². The van der Waals surface area contributed by atoms with Crippen LogP contribution in [-0.4, -0.2) is 10.7 Å². The molecule has 11 aliphatic rings. The lowest BCUT2D eigenvalue weighted by molar-refractivity contribution is 0.398. The second-order valence-corrected chi connectivity index (χ2v) is 27.9. The summed E-state index contributed by atoms with van der Waals surface area (Å²) in [7, 11) is 0. The lowest BCUT2D eigenvalue weighted by atomic mass is 9.86. The molecule has 4 fully saturated rings. The van der Waals surface area contributed by atoms with Crippen molar-refractivity contribution in [1.82, 2.24) is 0 Å². The number of benzene rings is 4. The Hall–Kier alpha value is -4.50. The number of unbranched alkanes of at least 4 members (excludes halogenated alkanes) is 4. The van der Waals surface area contributed by atoms with Crippen molar-refractivity contribution < 1.29 is 2.85 Å². The van der Waals surface area contributed by atoms with Crippen LogP contribution in [0.3, 0.4) is 0 Å². The average molecular weight is 1270 g/mol. The maximum Gasteiger partial charge on any atom is 0.00344 e. The van der Waals surface area contributed by atoms with Crippen molar-refractivity contribution in [3.05, 3.63) is 253 Å². The largest absolute Gasteiger partial charge is 0.103 e. The quantitative estimate of drug-likeness (QED) is 0.0499. The predicted octanol–water partition coefficient (Wildman–Crippen LogP) is 24.4. The van der Waals surface area contributed by atoms with Gasteiger partial charge < -0.3 is 0 Å². The minimum atomic E-state index is 0. The van der Waals surface area contributed by atoms with Gasteiger partial charge in [-0.3, -0.25) is 0 Å². The van der Waals surface area contributed by atoms with Crippen molar-refractivity contribution in [2.45, 2.75) is 161 Å². The summed E-state index contributed by atoms with van der Waals surface area (Å²) in [5.74, 6) is 13.4. The molecule has 11 aliphatic carbocycles. The van der Waals surface area contributed by atoms with Crippen LogP contribution in [0.25, 0.3) is 0 Å². The van der Waals surface area contributed by atoms with E-state index in [0.717, 1.165) is 106 Å². The van der Waals surface area contributed by atoms with Gasteiger partial charge in [0, 0.05) is 13.5 Å². The van der Waals surface area contributed by atoms with E-state index in [1.807, 2.05) is 6.08 Å². The van der Waals surface area contributed by atoms with Gasteiger partial charge in [-0.05, 0) is 246 Å². The van der Waals surface area contributed by atoms with Crippen molar-refractivity contribution in [3.8, 4) is 0 Å². The van der Waals surface area contributed by atoms with Crippen LogP contribution in [0.15, 0.2) is 231 Å². The third-order valence-corrected chi connectivity index (χ3v) is 21.6. The van der Waals surface area contributed by atoms with Crippen molar-refractivity contribution in [2.24, 2.45) is 82.9 Å². The normalized spacial score (nSPS) is 28.7. The van der Waals surface area contributed by atoms with Crippen molar-refractivity contribution in [2.75, 3.05) is 10.7 Å². The van der Waals surface area contributed by atoms with E-state index >= 15 is 0 Å². The second-order valence-electron chi connectivity index (χ2n) is 26.3. The Balaban J connectivity index is 0.000000163. The van der Waals surface area contributed by atoms with E-state index in [4.69, 9.17) is 0 Å². The molecule has 0 heterocycles. The Bertz CT molecular complexity index is 2550. The van der Waals surface area contributed by atoms with Gasteiger partial charge in [0.05, 0.1) is 0 Å². The van der Waals surface area contributed by atoms with Crippen LogP contribution >= 0.6 is 31.9 Å². The van der Waals surface area contributed by atoms with Crippen LogP contribution in [0.5, 0.6) is 0 Å². The Morgan fingerprint density at radius 3 is 1.09 bits per heavy atom. The fraction of sp³-hybridized carbons (Fsp3) is 0.494. The molecule has 4 aromatic rings. The Kier molecular flexibility index (Phi) is 30.3. The number of allylic oxidation sites excluding steroid dienone is 17. The highest BCUT2D eigenvalue weighted by molar-refractivity contribution is 9.09. The van der Waals surface area contributed by atoms with Crippen molar-refractivity contribution in [3.63, 3.8) is 0 Å². The first-order valence-corrected chi connectivity index (χ1v) is 36.5. The fourth-order valence-electron chi connectivity index (χ4n) is 15.7. The SMILES string of the molecule is BrCCCc1ccccc1.C1=CC2C3C=CC(C3)C2C1.C1=CC2C3C=CC(C3)C2C1.C1=CC2CC1CC2CCCCc1ccccc1.C1=CC2CC1CC2CCCCc1ccccc1.C1=CCC=C1.C=CCCCCc1ccccc1.CCCBr.[2HH].[2HH]. The summed E-state index contributed by atoms with van der Waals surface area (Å²) in [5, 5.41) is 2.23. The summed E-state index contributed by atoms with van der Waals surface area (Å²) in [5.41, 5.74) is 5.88. The van der Waals surface area contributed by atoms with Gasteiger partial charge in [-0.15, -0.1) is 6.58 Å². The minimum Gasteiger partial charge on any atom is -0.103 e. The van der Waals surface area contributed by atoms with Crippen LogP contribution in [0.1, 0.15) is 160 Å². The molecule has 85 heavy (non-hydrogen) atoms. The molecule has 15 rings (SSSR count). The van der Waals surface area contributed by atoms with E-state index in [2.05, 4.69) is 264 Å². The van der Waals surface area contributed by atoms with E-state index in [9.17, 15) is 0 Å². The average Bonchev–Trinajstić information content (AvgIpc) is 1.85. The summed E-state index contributed by atoms with van der Waals surface area (Å²) in [6.45, 7) is 5.84. The molecule has 0 nitrogen and oxygen atoms in total. The highest BCUT2D eigenvalue weighted by Gasteiger charge is 2.45. The first-order chi connectivity index (χ1) is 42.0. The van der Waals surface area contributed by atoms with E-state index in [-0.39, 0.29) is 2.85 Å². The van der Waals surface area contributed by atoms with Gasteiger partial charge in [0.15, 0.2) is 0 Å². The monoisotopic (exact) mass is 1270 g/mol. The van der Waals surface area contributed by atoms with E-state index in [1.165, 1.54) is 164 Å². The van der Waals surface area contributed by atoms with Crippen LogP contribution in [-0.2, 0) is 25.7 Å². The summed E-state index contributed by atoms with van der Waals surface area (Å²) >= 11 is 6.66. The van der Waals surface area contributed by atoms with Crippen LogP contribution in [0, 0.1) is 82.9 Å². The number of fused-ring (bicyclic) bond motifs is 14. The number of halogens is 2. The van der Waals surface area contributed by atoms with Crippen LogP contribution in [0.2, 0.25) is 0 Å². The predicted molar refractivity (Wildman–Crippen MR) is 383 cm³/mol. The Labute approximate surface area is 539 Å². The molecule has 0 aromatic heterocycles. The molecular formula is C83H112Br2.